The van der Waals surface area contributed by atoms with Crippen LogP contribution < -0.4 is 5.32 Å². The van der Waals surface area contributed by atoms with Crippen molar-refractivity contribution in [1.82, 2.24) is 5.32 Å². The molecule has 1 rings (SSSR count). The monoisotopic (exact) mass is 319 g/mol. The van der Waals surface area contributed by atoms with E-state index < -0.39 is 11.6 Å². The Balaban J connectivity index is 2.50. The fourth-order valence-corrected chi connectivity index (χ4v) is 2.19. The summed E-state index contributed by atoms with van der Waals surface area (Å²) in [5.74, 6) is -0.512. The number of benzene rings is 1. The zero-order chi connectivity index (χ0) is 13.5. The summed E-state index contributed by atoms with van der Waals surface area (Å²) < 4.78 is 27.6. The number of hydrogen-bond donors (Lipinski definition) is 1. The van der Waals surface area contributed by atoms with E-state index in [1.807, 2.05) is 0 Å². The molecule has 1 atom stereocenters. The second-order valence-electron chi connectivity index (χ2n) is 4.67. The fourth-order valence-electron chi connectivity index (χ4n) is 1.82. The van der Waals surface area contributed by atoms with E-state index in [0.717, 1.165) is 25.9 Å². The van der Waals surface area contributed by atoms with E-state index in [-0.39, 0.29) is 5.56 Å². The molecule has 102 valence electrons. The largest absolute Gasteiger partial charge is 0.316 e. The molecule has 1 N–H and O–H groups in total. The number of halogens is 3. The Labute approximate surface area is 116 Å². The normalized spacial score (nSPS) is 12.7. The van der Waals surface area contributed by atoms with Gasteiger partial charge in [0, 0.05) is 5.56 Å². The van der Waals surface area contributed by atoms with Crippen molar-refractivity contribution in [2.45, 2.75) is 33.1 Å². The summed E-state index contributed by atoms with van der Waals surface area (Å²) >= 11 is 3.08. The molecule has 1 unspecified atom stereocenters. The van der Waals surface area contributed by atoms with Gasteiger partial charge >= 0.3 is 0 Å². The Bertz CT molecular complexity index is 382. The molecule has 1 nitrogen and oxygen atoms in total. The van der Waals surface area contributed by atoms with Crippen LogP contribution in [0.2, 0.25) is 0 Å². The molecule has 0 aromatic heterocycles. The van der Waals surface area contributed by atoms with Gasteiger partial charge in [0.15, 0.2) is 0 Å². The highest BCUT2D eigenvalue weighted by molar-refractivity contribution is 9.10. The molecule has 0 heterocycles. The van der Waals surface area contributed by atoms with Crippen molar-refractivity contribution in [1.29, 1.82) is 0 Å². The van der Waals surface area contributed by atoms with Crippen molar-refractivity contribution >= 4 is 15.9 Å². The van der Waals surface area contributed by atoms with Crippen LogP contribution in [0.4, 0.5) is 8.78 Å². The maximum atomic E-state index is 13.7. The third-order valence-corrected chi connectivity index (χ3v) is 3.56. The van der Waals surface area contributed by atoms with Crippen molar-refractivity contribution in [3.8, 4) is 0 Å². The van der Waals surface area contributed by atoms with Crippen molar-refractivity contribution in [3.05, 3.63) is 33.8 Å². The van der Waals surface area contributed by atoms with Crippen LogP contribution in [-0.4, -0.2) is 13.1 Å². The van der Waals surface area contributed by atoms with E-state index in [1.165, 1.54) is 12.1 Å². The first kappa shape index (κ1) is 15.6. The number of nitrogens with one attached hydrogen (secondary N) is 1. The van der Waals surface area contributed by atoms with E-state index in [1.54, 1.807) is 0 Å². The van der Waals surface area contributed by atoms with Gasteiger partial charge in [0.05, 0.1) is 4.47 Å². The lowest BCUT2D eigenvalue weighted by atomic mass is 10.0. The predicted octanol–water partition coefficient (Wildman–Crippen LogP) is 4.30. The van der Waals surface area contributed by atoms with Crippen molar-refractivity contribution in [2.75, 3.05) is 13.1 Å². The van der Waals surface area contributed by atoms with Gasteiger partial charge in [0.2, 0.25) is 0 Å². The van der Waals surface area contributed by atoms with Gasteiger partial charge in [-0.25, -0.2) is 8.78 Å². The van der Waals surface area contributed by atoms with Crippen LogP contribution in [-0.2, 0) is 6.42 Å². The fraction of sp³-hybridized carbons (Fsp3) is 0.571. The standard InChI is InChI=1S/C14H20BrF2N/c1-3-8-18-9-10(2)4-5-11-13(16)7-6-12(15)14(11)17/h6-7,10,18H,3-5,8-9H2,1-2H3. The maximum absolute atomic E-state index is 13.7. The van der Waals surface area contributed by atoms with E-state index in [0.29, 0.717) is 16.8 Å². The van der Waals surface area contributed by atoms with Crippen LogP contribution in [0.5, 0.6) is 0 Å². The average Bonchev–Trinajstić information content (AvgIpc) is 2.34. The Kier molecular flexibility index (Phi) is 6.79. The van der Waals surface area contributed by atoms with Gasteiger partial charge in [0.1, 0.15) is 11.6 Å². The Morgan fingerprint density at radius 3 is 2.72 bits per heavy atom. The summed E-state index contributed by atoms with van der Waals surface area (Å²) in [6.07, 6.45) is 2.31. The van der Waals surface area contributed by atoms with Crippen molar-refractivity contribution < 1.29 is 8.78 Å². The smallest absolute Gasteiger partial charge is 0.143 e. The molecule has 0 aliphatic heterocycles. The second-order valence-corrected chi connectivity index (χ2v) is 5.52. The lowest BCUT2D eigenvalue weighted by Gasteiger charge is -2.13. The SMILES string of the molecule is CCCNCC(C)CCc1c(F)ccc(Br)c1F. The van der Waals surface area contributed by atoms with Gasteiger partial charge in [-0.15, -0.1) is 0 Å². The minimum Gasteiger partial charge on any atom is -0.316 e. The van der Waals surface area contributed by atoms with Crippen LogP contribution in [0.3, 0.4) is 0 Å². The van der Waals surface area contributed by atoms with Gasteiger partial charge in [-0.3, -0.25) is 0 Å². The first-order chi connectivity index (χ1) is 8.56. The molecule has 0 bridgehead atoms. The molecule has 0 saturated heterocycles. The molecule has 0 radical (unpaired) electrons. The lowest BCUT2D eigenvalue weighted by Crippen LogP contribution is -2.22. The molecule has 1 aromatic carbocycles. The van der Waals surface area contributed by atoms with Crippen LogP contribution >= 0.6 is 15.9 Å². The molecule has 0 aliphatic carbocycles. The van der Waals surface area contributed by atoms with Crippen LogP contribution in [0.15, 0.2) is 16.6 Å². The summed E-state index contributed by atoms with van der Waals surface area (Å²) in [6, 6.07) is 2.71. The molecule has 1 aromatic rings. The molecule has 0 amide bonds. The predicted molar refractivity (Wildman–Crippen MR) is 74.7 cm³/mol. The molecule has 0 fully saturated rings. The average molecular weight is 320 g/mol. The van der Waals surface area contributed by atoms with Crippen molar-refractivity contribution in [3.63, 3.8) is 0 Å². The van der Waals surface area contributed by atoms with Crippen LogP contribution in [0.1, 0.15) is 32.3 Å². The second kappa shape index (κ2) is 7.85. The molecule has 4 heteroatoms. The Morgan fingerprint density at radius 2 is 2.06 bits per heavy atom. The highest BCUT2D eigenvalue weighted by Gasteiger charge is 2.13. The third kappa shape index (κ3) is 4.65. The summed E-state index contributed by atoms with van der Waals surface area (Å²) in [6.45, 7) is 6.09. The lowest BCUT2D eigenvalue weighted by molar-refractivity contribution is 0.466. The van der Waals surface area contributed by atoms with Gasteiger partial charge in [-0.1, -0.05) is 13.8 Å². The quantitative estimate of drug-likeness (QED) is 0.583. The number of rotatable bonds is 7. The van der Waals surface area contributed by atoms with E-state index >= 15 is 0 Å². The van der Waals surface area contributed by atoms with E-state index in [9.17, 15) is 8.78 Å². The van der Waals surface area contributed by atoms with Crippen molar-refractivity contribution in [2.24, 2.45) is 5.92 Å². The van der Waals surface area contributed by atoms with Gasteiger partial charge in [-0.05, 0) is 66.3 Å². The molecule has 0 spiro atoms. The van der Waals surface area contributed by atoms with Crippen LogP contribution in [0, 0.1) is 17.6 Å². The first-order valence-electron chi connectivity index (χ1n) is 6.39. The highest BCUT2D eigenvalue weighted by Crippen LogP contribution is 2.23. The van der Waals surface area contributed by atoms with Gasteiger partial charge in [-0.2, -0.15) is 0 Å². The summed E-state index contributed by atoms with van der Waals surface area (Å²) in [7, 11) is 0. The van der Waals surface area contributed by atoms with Gasteiger partial charge in [0.25, 0.3) is 0 Å². The summed E-state index contributed by atoms with van der Waals surface area (Å²) in [4.78, 5) is 0. The Hall–Kier alpha value is -0.480. The highest BCUT2D eigenvalue weighted by atomic mass is 79.9. The minimum atomic E-state index is -0.469. The molecular weight excluding hydrogens is 300 g/mol. The molecular formula is C14H20BrF2N. The van der Waals surface area contributed by atoms with Crippen LogP contribution in [0.25, 0.3) is 0 Å². The summed E-state index contributed by atoms with van der Waals surface area (Å²) in [5.41, 5.74) is 0.187. The third-order valence-electron chi connectivity index (χ3n) is 2.95. The zero-order valence-electron chi connectivity index (χ0n) is 10.9. The minimum absolute atomic E-state index is 0.187. The molecule has 0 aliphatic rings. The topological polar surface area (TPSA) is 12.0 Å². The number of hydrogen-bond acceptors (Lipinski definition) is 1. The maximum Gasteiger partial charge on any atom is 0.143 e. The zero-order valence-corrected chi connectivity index (χ0v) is 12.5. The molecule has 18 heavy (non-hydrogen) atoms. The van der Waals surface area contributed by atoms with E-state index in [2.05, 4.69) is 35.1 Å². The van der Waals surface area contributed by atoms with E-state index in [4.69, 9.17) is 0 Å². The van der Waals surface area contributed by atoms with Gasteiger partial charge < -0.3 is 5.32 Å². The molecule has 0 saturated carbocycles. The Morgan fingerprint density at radius 1 is 1.33 bits per heavy atom. The first-order valence-corrected chi connectivity index (χ1v) is 7.18. The summed E-state index contributed by atoms with van der Waals surface area (Å²) in [5, 5.41) is 3.31.